The molecule has 1 unspecified atom stereocenters. The van der Waals surface area contributed by atoms with E-state index in [-0.39, 0.29) is 4.88 Å². The number of nitrogens with one attached hydrogen (secondary N) is 1. The van der Waals surface area contributed by atoms with E-state index in [4.69, 9.17) is 5.11 Å². The molecular formula is C11H13F3N2O3S. The highest BCUT2D eigenvalue weighted by molar-refractivity contribution is 7.13. The second kappa shape index (κ2) is 6.21. The first-order valence-electron chi connectivity index (χ1n) is 5.70. The summed E-state index contributed by atoms with van der Waals surface area (Å²) in [7, 11) is 0. The van der Waals surface area contributed by atoms with Gasteiger partial charge in [-0.25, -0.2) is 9.78 Å². The molecule has 0 aliphatic rings. The molecule has 1 amide bonds. The lowest BCUT2D eigenvalue weighted by atomic mass is 10.2. The fourth-order valence-corrected chi connectivity index (χ4v) is 2.38. The predicted octanol–water partition coefficient (Wildman–Crippen LogP) is 2.15. The molecule has 0 aliphatic carbocycles. The summed E-state index contributed by atoms with van der Waals surface area (Å²) in [6.45, 7) is 3.37. The van der Waals surface area contributed by atoms with Crippen LogP contribution in [0.4, 0.5) is 13.2 Å². The third-order valence-electron chi connectivity index (χ3n) is 2.39. The van der Waals surface area contributed by atoms with Crippen LogP contribution in [0, 0.1) is 6.92 Å². The Bertz CT molecular complexity index is 514. The molecule has 0 aliphatic heterocycles. The van der Waals surface area contributed by atoms with Crippen LogP contribution in [0.2, 0.25) is 0 Å². The number of carbonyl (C=O) groups is 2. The Balaban J connectivity index is 2.85. The molecule has 1 atom stereocenters. The summed E-state index contributed by atoms with van der Waals surface area (Å²) in [6.07, 6.45) is -5.70. The van der Waals surface area contributed by atoms with E-state index < -0.39 is 30.5 Å². The highest BCUT2D eigenvalue weighted by Gasteiger charge is 2.36. The highest BCUT2D eigenvalue weighted by Crippen LogP contribution is 2.23. The molecule has 0 radical (unpaired) electrons. The maximum atomic E-state index is 12.2. The monoisotopic (exact) mass is 310 g/mol. The summed E-state index contributed by atoms with van der Waals surface area (Å²) < 4.78 is 36.7. The summed E-state index contributed by atoms with van der Waals surface area (Å²) in [5.41, 5.74) is 0.375. The molecule has 0 aromatic carbocycles. The number of aromatic nitrogens is 1. The molecular weight excluding hydrogens is 297 g/mol. The van der Waals surface area contributed by atoms with Gasteiger partial charge in [-0.3, -0.25) is 4.79 Å². The fourth-order valence-electron chi connectivity index (χ4n) is 1.47. The Hall–Kier alpha value is -1.64. The minimum atomic E-state index is -4.67. The van der Waals surface area contributed by atoms with Crippen LogP contribution in [0.1, 0.15) is 33.7 Å². The predicted molar refractivity (Wildman–Crippen MR) is 65.8 cm³/mol. The van der Waals surface area contributed by atoms with Crippen molar-refractivity contribution >= 4 is 23.2 Å². The Morgan fingerprint density at radius 2 is 2.05 bits per heavy atom. The van der Waals surface area contributed by atoms with Gasteiger partial charge in [0.15, 0.2) is 0 Å². The van der Waals surface area contributed by atoms with Crippen molar-refractivity contribution in [3.8, 4) is 0 Å². The molecule has 0 fully saturated rings. The zero-order valence-electron chi connectivity index (χ0n) is 10.7. The van der Waals surface area contributed by atoms with Crippen LogP contribution < -0.4 is 5.32 Å². The zero-order chi connectivity index (χ0) is 15.5. The summed E-state index contributed by atoms with van der Waals surface area (Å²) in [6, 6.07) is -2.01. The minimum Gasteiger partial charge on any atom is -0.480 e. The van der Waals surface area contributed by atoms with Crippen molar-refractivity contribution < 1.29 is 27.9 Å². The molecule has 9 heteroatoms. The number of aryl methyl sites for hydroxylation is 2. The topological polar surface area (TPSA) is 79.3 Å². The van der Waals surface area contributed by atoms with Crippen LogP contribution in [-0.2, 0) is 11.2 Å². The number of carbonyl (C=O) groups excluding carboxylic acids is 1. The number of hydrogen-bond acceptors (Lipinski definition) is 4. The average Bonchev–Trinajstić information content (AvgIpc) is 2.67. The summed E-state index contributed by atoms with van der Waals surface area (Å²) in [5.74, 6) is -2.58. The lowest BCUT2D eigenvalue weighted by molar-refractivity contribution is -0.157. The van der Waals surface area contributed by atoms with Gasteiger partial charge in [-0.2, -0.15) is 13.2 Å². The first kappa shape index (κ1) is 16.4. The van der Waals surface area contributed by atoms with Gasteiger partial charge in [-0.05, 0) is 13.3 Å². The van der Waals surface area contributed by atoms with E-state index >= 15 is 0 Å². The van der Waals surface area contributed by atoms with E-state index in [0.29, 0.717) is 17.1 Å². The molecule has 1 rings (SSSR count). The van der Waals surface area contributed by atoms with Crippen molar-refractivity contribution in [3.63, 3.8) is 0 Å². The largest absolute Gasteiger partial charge is 0.480 e. The molecule has 0 saturated carbocycles. The number of thiazole rings is 1. The van der Waals surface area contributed by atoms with Crippen molar-refractivity contribution in [2.45, 2.75) is 38.9 Å². The first-order valence-corrected chi connectivity index (χ1v) is 6.52. The lowest BCUT2D eigenvalue weighted by Crippen LogP contribution is -2.43. The van der Waals surface area contributed by atoms with Gasteiger partial charge in [0.1, 0.15) is 10.9 Å². The molecule has 1 heterocycles. The van der Waals surface area contributed by atoms with Gasteiger partial charge in [-0.1, -0.05) is 6.92 Å². The molecule has 2 N–H and O–H groups in total. The summed E-state index contributed by atoms with van der Waals surface area (Å²) in [5, 5.41) is 11.3. The van der Waals surface area contributed by atoms with E-state index in [0.717, 1.165) is 11.3 Å². The molecule has 1 aromatic rings. The normalized spacial score (nSPS) is 13.1. The van der Waals surface area contributed by atoms with Crippen LogP contribution in [0.3, 0.4) is 0 Å². The summed E-state index contributed by atoms with van der Waals surface area (Å²) in [4.78, 5) is 26.8. The van der Waals surface area contributed by atoms with Crippen molar-refractivity contribution in [1.82, 2.24) is 10.3 Å². The quantitative estimate of drug-likeness (QED) is 0.873. The number of halogens is 3. The first-order chi connectivity index (χ1) is 9.14. The number of amides is 1. The van der Waals surface area contributed by atoms with Crippen LogP contribution in [0.15, 0.2) is 0 Å². The number of nitrogens with zero attached hydrogens (tertiary/aromatic N) is 1. The van der Waals surface area contributed by atoms with E-state index in [1.54, 1.807) is 6.92 Å². The molecule has 112 valence electrons. The van der Waals surface area contributed by atoms with Crippen LogP contribution in [-0.4, -0.2) is 34.2 Å². The Labute approximate surface area is 116 Å². The molecule has 0 spiro atoms. The van der Waals surface area contributed by atoms with E-state index in [9.17, 15) is 22.8 Å². The van der Waals surface area contributed by atoms with Gasteiger partial charge in [-0.15, -0.1) is 11.3 Å². The second-order valence-corrected chi connectivity index (χ2v) is 5.14. The number of alkyl halides is 3. The van der Waals surface area contributed by atoms with Gasteiger partial charge in [0.05, 0.1) is 17.1 Å². The van der Waals surface area contributed by atoms with Gasteiger partial charge in [0.25, 0.3) is 5.91 Å². The van der Waals surface area contributed by atoms with Gasteiger partial charge >= 0.3 is 12.1 Å². The van der Waals surface area contributed by atoms with Crippen molar-refractivity contribution in [2.24, 2.45) is 0 Å². The fraction of sp³-hybridized carbons (Fsp3) is 0.545. The van der Waals surface area contributed by atoms with E-state index in [1.165, 1.54) is 0 Å². The Morgan fingerprint density at radius 3 is 2.45 bits per heavy atom. The standard InChI is InChI=1S/C11H13F3N2O3S/c1-3-7-15-5(2)8(20-7)9(17)16-6(10(18)19)4-11(12,13)14/h6H,3-4H2,1-2H3,(H,16,17)(H,18,19). The molecule has 1 aromatic heterocycles. The molecule has 0 bridgehead atoms. The number of aliphatic carboxylic acids is 1. The smallest absolute Gasteiger partial charge is 0.391 e. The number of rotatable bonds is 5. The van der Waals surface area contributed by atoms with Crippen LogP contribution in [0.25, 0.3) is 0 Å². The minimum absolute atomic E-state index is 0.135. The molecule has 0 saturated heterocycles. The van der Waals surface area contributed by atoms with Crippen molar-refractivity contribution in [1.29, 1.82) is 0 Å². The van der Waals surface area contributed by atoms with E-state index in [2.05, 4.69) is 4.98 Å². The van der Waals surface area contributed by atoms with Crippen LogP contribution >= 0.6 is 11.3 Å². The zero-order valence-corrected chi connectivity index (χ0v) is 11.6. The second-order valence-electron chi connectivity index (χ2n) is 4.06. The maximum absolute atomic E-state index is 12.2. The number of carboxylic acids is 1. The Morgan fingerprint density at radius 1 is 1.45 bits per heavy atom. The van der Waals surface area contributed by atoms with Crippen molar-refractivity contribution in [3.05, 3.63) is 15.6 Å². The van der Waals surface area contributed by atoms with Crippen molar-refractivity contribution in [2.75, 3.05) is 0 Å². The molecule has 5 nitrogen and oxygen atoms in total. The van der Waals surface area contributed by atoms with E-state index in [1.807, 2.05) is 12.2 Å². The summed E-state index contributed by atoms with van der Waals surface area (Å²) >= 11 is 1.04. The van der Waals surface area contributed by atoms with Gasteiger partial charge in [0.2, 0.25) is 0 Å². The molecule has 20 heavy (non-hydrogen) atoms. The number of hydrogen-bond donors (Lipinski definition) is 2. The third-order valence-corrected chi connectivity index (χ3v) is 3.69. The SMILES string of the molecule is CCc1nc(C)c(C(=O)NC(CC(F)(F)F)C(=O)O)s1. The third kappa shape index (κ3) is 4.48. The van der Waals surface area contributed by atoms with Gasteiger partial charge in [0, 0.05) is 0 Å². The Kier molecular flexibility index (Phi) is 5.09. The average molecular weight is 310 g/mol. The van der Waals surface area contributed by atoms with Gasteiger partial charge < -0.3 is 10.4 Å². The maximum Gasteiger partial charge on any atom is 0.391 e. The highest BCUT2D eigenvalue weighted by atomic mass is 32.1. The van der Waals surface area contributed by atoms with Crippen LogP contribution in [0.5, 0.6) is 0 Å². The lowest BCUT2D eigenvalue weighted by Gasteiger charge is -2.15. The number of carboxylic acid groups (broad SMARTS) is 1.